The third-order valence-electron chi connectivity index (χ3n) is 3.45. The van der Waals surface area contributed by atoms with E-state index in [1.54, 1.807) is 0 Å². The molecule has 1 aromatic carbocycles. The van der Waals surface area contributed by atoms with Gasteiger partial charge in [0, 0.05) is 6.42 Å². The molecule has 5 heteroatoms. The molecule has 1 heterocycles. The summed E-state index contributed by atoms with van der Waals surface area (Å²) in [4.78, 5) is 15.8. The van der Waals surface area contributed by atoms with Crippen LogP contribution in [0.15, 0.2) is 42.6 Å². The molecule has 1 amide bonds. The molecule has 4 nitrogen and oxygen atoms in total. The largest absolute Gasteiger partial charge is 0.390 e. The number of aliphatic hydroxyl groups is 1. The van der Waals surface area contributed by atoms with E-state index in [0.29, 0.717) is 6.42 Å². The second kappa shape index (κ2) is 5.02. The molecular formula is C15H13FN2O2. The lowest BCUT2D eigenvalue weighted by Gasteiger charge is -2.17. The molecule has 3 rings (SSSR count). The van der Waals surface area contributed by atoms with Gasteiger partial charge >= 0.3 is 0 Å². The number of pyridine rings is 1. The third-order valence-corrected chi connectivity index (χ3v) is 3.45. The van der Waals surface area contributed by atoms with E-state index < -0.39 is 23.9 Å². The quantitative estimate of drug-likeness (QED) is 0.873. The van der Waals surface area contributed by atoms with Crippen molar-refractivity contribution in [1.82, 2.24) is 10.3 Å². The molecule has 1 aliphatic carbocycles. The van der Waals surface area contributed by atoms with Gasteiger partial charge in [-0.1, -0.05) is 24.3 Å². The highest BCUT2D eigenvalue weighted by Gasteiger charge is 2.32. The Kier molecular flexibility index (Phi) is 3.20. The molecule has 2 unspecified atom stereocenters. The number of benzene rings is 1. The molecule has 0 fully saturated rings. The Bertz CT molecular complexity index is 643. The van der Waals surface area contributed by atoms with Gasteiger partial charge in [-0.3, -0.25) is 4.79 Å². The molecule has 2 aromatic rings. The first kappa shape index (κ1) is 12.7. The zero-order chi connectivity index (χ0) is 14.1. The molecule has 102 valence electrons. The number of amides is 1. The minimum absolute atomic E-state index is 0.128. The molecule has 2 N–H and O–H groups in total. The van der Waals surface area contributed by atoms with Crippen molar-refractivity contribution in [1.29, 1.82) is 0 Å². The molecule has 0 saturated heterocycles. The zero-order valence-electron chi connectivity index (χ0n) is 10.6. The van der Waals surface area contributed by atoms with Crippen molar-refractivity contribution in [2.45, 2.75) is 18.6 Å². The van der Waals surface area contributed by atoms with Crippen LogP contribution in [0.2, 0.25) is 0 Å². The number of fused-ring (bicyclic) bond motifs is 1. The first-order valence-corrected chi connectivity index (χ1v) is 6.33. The Morgan fingerprint density at radius 2 is 2.10 bits per heavy atom. The summed E-state index contributed by atoms with van der Waals surface area (Å²) in [5, 5.41) is 12.8. The number of halogens is 1. The highest BCUT2D eigenvalue weighted by atomic mass is 19.1. The van der Waals surface area contributed by atoms with E-state index in [9.17, 15) is 14.3 Å². The summed E-state index contributed by atoms with van der Waals surface area (Å²) in [6.07, 6.45) is 0.850. The first-order chi connectivity index (χ1) is 9.65. The second-order valence-electron chi connectivity index (χ2n) is 4.78. The van der Waals surface area contributed by atoms with Crippen LogP contribution in [0.3, 0.4) is 0 Å². The Labute approximate surface area is 115 Å². The van der Waals surface area contributed by atoms with Gasteiger partial charge in [0.2, 0.25) is 0 Å². The summed E-state index contributed by atoms with van der Waals surface area (Å²) < 4.78 is 12.8. The van der Waals surface area contributed by atoms with Gasteiger partial charge in [0.1, 0.15) is 11.5 Å². The molecule has 0 spiro atoms. The van der Waals surface area contributed by atoms with Crippen LogP contribution >= 0.6 is 0 Å². The van der Waals surface area contributed by atoms with Crippen LogP contribution in [0.4, 0.5) is 4.39 Å². The molecule has 0 saturated carbocycles. The third kappa shape index (κ3) is 2.28. The summed E-state index contributed by atoms with van der Waals surface area (Å²) >= 11 is 0. The lowest BCUT2D eigenvalue weighted by Crippen LogP contribution is -2.34. The van der Waals surface area contributed by atoms with Crippen molar-refractivity contribution in [3.63, 3.8) is 0 Å². The number of nitrogens with one attached hydrogen (secondary N) is 1. The number of aliphatic hydroxyl groups excluding tert-OH is 1. The van der Waals surface area contributed by atoms with Crippen LogP contribution in [0.5, 0.6) is 0 Å². The molecule has 0 bridgehead atoms. The normalized spacial score (nSPS) is 20.5. The maximum atomic E-state index is 12.8. The standard InChI is InChI=1S/C15H13FN2O2/c16-10-5-6-12(17-8-10)15(20)18-14-11-4-2-1-3-9(11)7-13(14)19/h1-6,8,13-14,19H,7H2,(H,18,20). The van der Waals surface area contributed by atoms with E-state index >= 15 is 0 Å². The number of nitrogens with zero attached hydrogens (tertiary/aromatic N) is 1. The zero-order valence-corrected chi connectivity index (χ0v) is 10.6. The lowest BCUT2D eigenvalue weighted by atomic mass is 10.1. The van der Waals surface area contributed by atoms with Gasteiger partial charge < -0.3 is 10.4 Å². The SMILES string of the molecule is O=C(NC1c2ccccc2CC1O)c1ccc(F)cn1. The van der Waals surface area contributed by atoms with E-state index in [1.807, 2.05) is 24.3 Å². The van der Waals surface area contributed by atoms with E-state index in [4.69, 9.17) is 0 Å². The molecule has 1 aliphatic rings. The van der Waals surface area contributed by atoms with Crippen molar-refractivity contribution in [3.8, 4) is 0 Å². The fourth-order valence-electron chi connectivity index (χ4n) is 2.47. The van der Waals surface area contributed by atoms with Crippen LogP contribution in [0.25, 0.3) is 0 Å². The minimum atomic E-state index is -0.656. The van der Waals surface area contributed by atoms with Crippen LogP contribution in [-0.4, -0.2) is 22.1 Å². The number of carbonyl (C=O) groups is 1. The molecular weight excluding hydrogens is 259 g/mol. The number of aromatic nitrogens is 1. The monoisotopic (exact) mass is 272 g/mol. The fourth-order valence-corrected chi connectivity index (χ4v) is 2.47. The highest BCUT2D eigenvalue weighted by molar-refractivity contribution is 5.92. The summed E-state index contributed by atoms with van der Waals surface area (Å²) in [5.74, 6) is -0.918. The topological polar surface area (TPSA) is 62.2 Å². The smallest absolute Gasteiger partial charge is 0.270 e. The van der Waals surface area contributed by atoms with Crippen molar-refractivity contribution < 1.29 is 14.3 Å². The minimum Gasteiger partial charge on any atom is -0.390 e. The molecule has 20 heavy (non-hydrogen) atoms. The van der Waals surface area contributed by atoms with Crippen molar-refractivity contribution in [2.24, 2.45) is 0 Å². The summed E-state index contributed by atoms with van der Waals surface area (Å²) in [5.41, 5.74) is 2.07. The number of hydrogen-bond acceptors (Lipinski definition) is 3. The van der Waals surface area contributed by atoms with Crippen LogP contribution < -0.4 is 5.32 Å². The van der Waals surface area contributed by atoms with Crippen LogP contribution in [-0.2, 0) is 6.42 Å². The number of hydrogen-bond donors (Lipinski definition) is 2. The van der Waals surface area contributed by atoms with Crippen molar-refractivity contribution in [2.75, 3.05) is 0 Å². The van der Waals surface area contributed by atoms with Crippen LogP contribution in [0, 0.1) is 5.82 Å². The predicted molar refractivity (Wildman–Crippen MR) is 70.6 cm³/mol. The van der Waals surface area contributed by atoms with Crippen molar-refractivity contribution >= 4 is 5.91 Å². The predicted octanol–water partition coefficient (Wildman–Crippen LogP) is 1.61. The van der Waals surface area contributed by atoms with E-state index in [2.05, 4.69) is 10.3 Å². The lowest BCUT2D eigenvalue weighted by molar-refractivity contribution is 0.0853. The molecule has 0 radical (unpaired) electrons. The molecule has 2 atom stereocenters. The maximum Gasteiger partial charge on any atom is 0.270 e. The van der Waals surface area contributed by atoms with E-state index in [0.717, 1.165) is 17.3 Å². The fraction of sp³-hybridized carbons (Fsp3) is 0.200. The Morgan fingerprint density at radius 1 is 1.30 bits per heavy atom. The maximum absolute atomic E-state index is 12.8. The molecule has 0 aliphatic heterocycles. The number of rotatable bonds is 2. The Morgan fingerprint density at radius 3 is 2.85 bits per heavy atom. The average molecular weight is 272 g/mol. The summed E-state index contributed by atoms with van der Waals surface area (Å²) in [6.45, 7) is 0. The highest BCUT2D eigenvalue weighted by Crippen LogP contribution is 2.31. The Hall–Kier alpha value is -2.27. The van der Waals surface area contributed by atoms with Crippen LogP contribution in [0.1, 0.15) is 27.7 Å². The van der Waals surface area contributed by atoms with Gasteiger partial charge in [0.05, 0.1) is 18.3 Å². The summed E-state index contributed by atoms with van der Waals surface area (Å²) in [6, 6.07) is 9.63. The van der Waals surface area contributed by atoms with Crippen molar-refractivity contribution in [3.05, 3.63) is 65.2 Å². The van der Waals surface area contributed by atoms with E-state index in [-0.39, 0.29) is 5.69 Å². The summed E-state index contributed by atoms with van der Waals surface area (Å²) in [7, 11) is 0. The van der Waals surface area contributed by atoms with E-state index in [1.165, 1.54) is 12.1 Å². The molecule has 1 aromatic heterocycles. The van der Waals surface area contributed by atoms with Gasteiger partial charge in [-0.2, -0.15) is 0 Å². The van der Waals surface area contributed by atoms with Gasteiger partial charge in [0.15, 0.2) is 0 Å². The average Bonchev–Trinajstić information content (AvgIpc) is 2.76. The van der Waals surface area contributed by atoms with Gasteiger partial charge in [-0.15, -0.1) is 0 Å². The van der Waals surface area contributed by atoms with Gasteiger partial charge in [0.25, 0.3) is 5.91 Å². The number of carbonyl (C=O) groups excluding carboxylic acids is 1. The Balaban J connectivity index is 1.81. The van der Waals surface area contributed by atoms with Gasteiger partial charge in [-0.05, 0) is 23.3 Å². The second-order valence-corrected chi connectivity index (χ2v) is 4.78. The first-order valence-electron chi connectivity index (χ1n) is 6.33. The van der Waals surface area contributed by atoms with Gasteiger partial charge in [-0.25, -0.2) is 9.37 Å².